The third-order valence-corrected chi connectivity index (χ3v) is 4.91. The Balaban J connectivity index is 2.10. The third kappa shape index (κ3) is 6.06. The zero-order valence-electron chi connectivity index (χ0n) is 13.6. The highest BCUT2D eigenvalue weighted by atomic mass is 79.9. The highest BCUT2D eigenvalue weighted by Gasteiger charge is 2.22. The van der Waals surface area contributed by atoms with Crippen LogP contribution in [0.5, 0.6) is 0 Å². The number of rotatable bonds is 7. The SMILES string of the molecule is CSCCC(NC(=O)c1ccccc1Cl)C(=O)Nc1cccc(Br)c1. The van der Waals surface area contributed by atoms with Crippen LogP contribution in [0.4, 0.5) is 5.69 Å². The van der Waals surface area contributed by atoms with E-state index in [-0.39, 0.29) is 11.8 Å². The molecule has 2 amide bonds. The second-order valence-corrected chi connectivity index (χ2v) is 7.60. The first-order valence-corrected chi connectivity index (χ1v) is 10.2. The Morgan fingerprint density at radius 3 is 2.64 bits per heavy atom. The minimum absolute atomic E-state index is 0.257. The molecule has 0 fully saturated rings. The smallest absolute Gasteiger partial charge is 0.253 e. The number of nitrogens with one attached hydrogen (secondary N) is 2. The molecule has 0 radical (unpaired) electrons. The molecule has 4 nitrogen and oxygen atoms in total. The van der Waals surface area contributed by atoms with Crippen LogP contribution in [0.25, 0.3) is 0 Å². The van der Waals surface area contributed by atoms with Gasteiger partial charge in [-0.25, -0.2) is 0 Å². The maximum Gasteiger partial charge on any atom is 0.253 e. The number of hydrogen-bond acceptors (Lipinski definition) is 3. The summed E-state index contributed by atoms with van der Waals surface area (Å²) in [6.07, 6.45) is 2.48. The van der Waals surface area contributed by atoms with Crippen molar-refractivity contribution in [2.75, 3.05) is 17.3 Å². The molecule has 0 aromatic heterocycles. The molecule has 2 aromatic rings. The van der Waals surface area contributed by atoms with Crippen LogP contribution < -0.4 is 10.6 Å². The van der Waals surface area contributed by atoms with Gasteiger partial charge in [0.15, 0.2) is 0 Å². The minimum Gasteiger partial charge on any atom is -0.340 e. The lowest BCUT2D eigenvalue weighted by Gasteiger charge is -2.18. The van der Waals surface area contributed by atoms with Crippen molar-refractivity contribution in [1.82, 2.24) is 5.32 Å². The van der Waals surface area contributed by atoms with Gasteiger partial charge in [0.25, 0.3) is 5.91 Å². The van der Waals surface area contributed by atoms with E-state index in [4.69, 9.17) is 11.6 Å². The number of hydrogen-bond donors (Lipinski definition) is 2. The first kappa shape index (κ1) is 19.8. The van der Waals surface area contributed by atoms with Crippen molar-refractivity contribution in [2.45, 2.75) is 12.5 Å². The summed E-state index contributed by atoms with van der Waals surface area (Å²) in [5.74, 6) is 0.132. The molecule has 1 unspecified atom stereocenters. The van der Waals surface area contributed by atoms with Crippen LogP contribution in [-0.2, 0) is 4.79 Å². The number of anilines is 1. The van der Waals surface area contributed by atoms with E-state index in [1.165, 1.54) is 0 Å². The van der Waals surface area contributed by atoms with Crippen LogP contribution in [0, 0.1) is 0 Å². The van der Waals surface area contributed by atoms with Crippen LogP contribution in [0.2, 0.25) is 5.02 Å². The molecule has 7 heteroatoms. The van der Waals surface area contributed by atoms with Crippen LogP contribution in [0.1, 0.15) is 16.8 Å². The molecule has 0 saturated heterocycles. The van der Waals surface area contributed by atoms with Gasteiger partial charge in [0.05, 0.1) is 10.6 Å². The fourth-order valence-corrected chi connectivity index (χ4v) is 3.27. The molecule has 1 atom stereocenters. The van der Waals surface area contributed by atoms with E-state index in [9.17, 15) is 9.59 Å². The topological polar surface area (TPSA) is 58.2 Å². The van der Waals surface area contributed by atoms with Gasteiger partial charge in [-0.15, -0.1) is 0 Å². The van der Waals surface area contributed by atoms with Crippen molar-refractivity contribution in [3.63, 3.8) is 0 Å². The molecule has 2 rings (SSSR count). The molecule has 132 valence electrons. The Morgan fingerprint density at radius 1 is 1.20 bits per heavy atom. The van der Waals surface area contributed by atoms with Crippen LogP contribution in [0.3, 0.4) is 0 Å². The second kappa shape index (κ2) is 9.85. The van der Waals surface area contributed by atoms with Crippen molar-refractivity contribution < 1.29 is 9.59 Å². The van der Waals surface area contributed by atoms with Gasteiger partial charge in [0.2, 0.25) is 5.91 Å². The summed E-state index contributed by atoms with van der Waals surface area (Å²) in [4.78, 5) is 25.1. The molecule has 0 aliphatic rings. The third-order valence-electron chi connectivity index (χ3n) is 3.44. The molecule has 0 aliphatic heterocycles. The number of carbonyl (C=O) groups is 2. The monoisotopic (exact) mass is 440 g/mol. The number of halogens is 2. The first-order chi connectivity index (χ1) is 12.0. The largest absolute Gasteiger partial charge is 0.340 e. The van der Waals surface area contributed by atoms with E-state index < -0.39 is 6.04 Å². The van der Waals surface area contributed by atoms with Gasteiger partial charge in [-0.3, -0.25) is 9.59 Å². The van der Waals surface area contributed by atoms with Crippen LogP contribution in [0.15, 0.2) is 53.0 Å². The standard InChI is InChI=1S/C18H18BrClN2O2S/c1-25-10-9-16(18(24)21-13-6-4-5-12(19)11-13)22-17(23)14-7-2-3-8-15(14)20/h2-8,11,16H,9-10H2,1H3,(H,21,24)(H,22,23). The Kier molecular flexibility index (Phi) is 7.81. The van der Waals surface area contributed by atoms with Gasteiger partial charge in [-0.1, -0.05) is 45.7 Å². The zero-order chi connectivity index (χ0) is 18.2. The summed E-state index contributed by atoms with van der Waals surface area (Å²) in [6, 6.07) is 13.4. The number of carbonyl (C=O) groups excluding carboxylic acids is 2. The van der Waals surface area contributed by atoms with E-state index in [0.29, 0.717) is 22.7 Å². The lowest BCUT2D eigenvalue weighted by molar-refractivity contribution is -0.118. The molecule has 0 bridgehead atoms. The number of amides is 2. The Labute approximate surface area is 164 Å². The van der Waals surface area contributed by atoms with E-state index in [0.717, 1.165) is 10.2 Å². The van der Waals surface area contributed by atoms with Crippen molar-refractivity contribution >= 4 is 56.8 Å². The summed E-state index contributed by atoms with van der Waals surface area (Å²) < 4.78 is 0.867. The van der Waals surface area contributed by atoms with E-state index >= 15 is 0 Å². The molecular weight excluding hydrogens is 424 g/mol. The highest BCUT2D eigenvalue weighted by molar-refractivity contribution is 9.10. The Hall–Kier alpha value is -1.50. The highest BCUT2D eigenvalue weighted by Crippen LogP contribution is 2.17. The van der Waals surface area contributed by atoms with E-state index in [1.54, 1.807) is 48.2 Å². The van der Waals surface area contributed by atoms with Gasteiger partial charge in [0.1, 0.15) is 6.04 Å². The van der Waals surface area contributed by atoms with E-state index in [1.807, 2.05) is 18.4 Å². The van der Waals surface area contributed by atoms with E-state index in [2.05, 4.69) is 26.6 Å². The van der Waals surface area contributed by atoms with Crippen molar-refractivity contribution in [1.29, 1.82) is 0 Å². The second-order valence-electron chi connectivity index (χ2n) is 5.29. The summed E-state index contributed by atoms with van der Waals surface area (Å²) >= 11 is 11.1. The molecule has 2 aromatic carbocycles. The first-order valence-electron chi connectivity index (χ1n) is 7.62. The fourth-order valence-electron chi connectivity index (χ4n) is 2.18. The summed E-state index contributed by atoms with van der Waals surface area (Å²) in [5.41, 5.74) is 1.02. The van der Waals surface area contributed by atoms with Gasteiger partial charge >= 0.3 is 0 Å². The quantitative estimate of drug-likeness (QED) is 0.660. The average molecular weight is 442 g/mol. The zero-order valence-corrected chi connectivity index (χ0v) is 16.7. The molecule has 0 heterocycles. The summed E-state index contributed by atoms with van der Waals surface area (Å²) in [5, 5.41) is 5.98. The van der Waals surface area contributed by atoms with Crippen molar-refractivity contribution in [2.24, 2.45) is 0 Å². The maximum absolute atomic E-state index is 12.6. The summed E-state index contributed by atoms with van der Waals surface area (Å²) in [6.45, 7) is 0. The molecule has 0 spiro atoms. The van der Waals surface area contributed by atoms with Gasteiger partial charge < -0.3 is 10.6 Å². The predicted octanol–water partition coefficient (Wildman–Crippen LogP) is 4.59. The van der Waals surface area contributed by atoms with Crippen molar-refractivity contribution in [3.05, 3.63) is 63.6 Å². The normalized spacial score (nSPS) is 11.6. The lowest BCUT2D eigenvalue weighted by Crippen LogP contribution is -2.44. The Morgan fingerprint density at radius 2 is 1.96 bits per heavy atom. The Bertz CT molecular complexity index is 757. The van der Waals surface area contributed by atoms with Gasteiger partial charge in [-0.05, 0) is 48.8 Å². The fraction of sp³-hybridized carbons (Fsp3) is 0.222. The van der Waals surface area contributed by atoms with Crippen molar-refractivity contribution in [3.8, 4) is 0 Å². The molecular formula is C18H18BrClN2O2S. The molecule has 0 aliphatic carbocycles. The lowest BCUT2D eigenvalue weighted by atomic mass is 10.1. The molecule has 25 heavy (non-hydrogen) atoms. The summed E-state index contributed by atoms with van der Waals surface area (Å²) in [7, 11) is 0. The number of thioether (sulfide) groups is 1. The van der Waals surface area contributed by atoms with Crippen LogP contribution >= 0.6 is 39.3 Å². The number of benzene rings is 2. The molecule has 2 N–H and O–H groups in total. The molecule has 0 saturated carbocycles. The average Bonchev–Trinajstić information content (AvgIpc) is 2.58. The predicted molar refractivity (Wildman–Crippen MR) is 108 cm³/mol. The van der Waals surface area contributed by atoms with Gasteiger partial charge in [-0.2, -0.15) is 11.8 Å². The maximum atomic E-state index is 12.6. The van der Waals surface area contributed by atoms with Gasteiger partial charge in [0, 0.05) is 10.2 Å². The van der Waals surface area contributed by atoms with Crippen LogP contribution in [-0.4, -0.2) is 29.9 Å². The minimum atomic E-state index is -0.643.